The highest BCUT2D eigenvalue weighted by Crippen LogP contribution is 2.36. The Hall–Kier alpha value is -2.12. The van der Waals surface area contributed by atoms with Crippen molar-refractivity contribution in [1.82, 2.24) is 5.48 Å². The van der Waals surface area contributed by atoms with Gasteiger partial charge >= 0.3 is 0 Å². The first-order valence-corrected chi connectivity index (χ1v) is 8.12. The Kier molecular flexibility index (Phi) is 6.57. The fourth-order valence-corrected chi connectivity index (χ4v) is 2.96. The Morgan fingerprint density at radius 3 is 2.79 bits per heavy atom. The molecule has 1 aliphatic heterocycles. The van der Waals surface area contributed by atoms with Gasteiger partial charge in [-0.2, -0.15) is 0 Å². The van der Waals surface area contributed by atoms with Crippen molar-refractivity contribution >= 4 is 34.8 Å². The van der Waals surface area contributed by atoms with Crippen LogP contribution < -0.4 is 10.4 Å². The molecule has 0 bridgehead atoms. The monoisotopic (exact) mass is 353 g/mol. The SMILES string of the molecule is CO/N=C1/C(=O)N(CCCCCCC(=O)NO)c2c(Cl)cccc21. The standard InChI is InChI=1S/C16H20ClN3O4/c1-24-19-14-11-7-6-8-12(17)15(11)20(16(14)22)10-5-3-2-4-9-13(21)18-23/h6-8,23H,2-5,9-10H2,1H3,(H,18,21)/b19-14+. The summed E-state index contributed by atoms with van der Waals surface area (Å²) in [6.45, 7) is 0.518. The zero-order chi connectivity index (χ0) is 17.5. The molecule has 1 aromatic rings. The Labute approximate surface area is 145 Å². The molecule has 24 heavy (non-hydrogen) atoms. The lowest BCUT2D eigenvalue weighted by molar-refractivity contribution is -0.129. The molecular formula is C16H20ClN3O4. The number of nitrogens with one attached hydrogen (secondary N) is 1. The number of fused-ring (bicyclic) bond motifs is 1. The predicted molar refractivity (Wildman–Crippen MR) is 90.4 cm³/mol. The quantitative estimate of drug-likeness (QED) is 0.426. The molecule has 0 fully saturated rings. The normalized spacial score (nSPS) is 14.9. The molecule has 1 heterocycles. The average Bonchev–Trinajstić information content (AvgIpc) is 2.84. The summed E-state index contributed by atoms with van der Waals surface area (Å²) in [6, 6.07) is 5.31. The summed E-state index contributed by atoms with van der Waals surface area (Å²) < 4.78 is 0. The number of anilines is 1. The number of benzene rings is 1. The third-order valence-electron chi connectivity index (χ3n) is 3.80. The van der Waals surface area contributed by atoms with Gasteiger partial charge in [-0.05, 0) is 18.9 Å². The van der Waals surface area contributed by atoms with E-state index < -0.39 is 0 Å². The van der Waals surface area contributed by atoms with Crippen LogP contribution in [0, 0.1) is 0 Å². The van der Waals surface area contributed by atoms with Gasteiger partial charge in [0.15, 0.2) is 5.71 Å². The van der Waals surface area contributed by atoms with Crippen molar-refractivity contribution in [3.8, 4) is 0 Å². The molecule has 1 aromatic carbocycles. The molecule has 0 unspecified atom stereocenters. The topological polar surface area (TPSA) is 91.2 Å². The number of carbonyl (C=O) groups excluding carboxylic acids is 2. The maximum Gasteiger partial charge on any atom is 0.281 e. The number of hydrogen-bond donors (Lipinski definition) is 2. The average molecular weight is 354 g/mol. The Morgan fingerprint density at radius 1 is 1.33 bits per heavy atom. The van der Waals surface area contributed by atoms with E-state index in [0.717, 1.165) is 19.3 Å². The second kappa shape index (κ2) is 8.65. The number of oxime groups is 1. The first-order valence-electron chi connectivity index (χ1n) is 7.75. The van der Waals surface area contributed by atoms with Crippen LogP contribution in [0.2, 0.25) is 5.02 Å². The zero-order valence-corrected chi connectivity index (χ0v) is 14.2. The van der Waals surface area contributed by atoms with Gasteiger partial charge in [0.1, 0.15) is 7.11 Å². The van der Waals surface area contributed by atoms with Crippen molar-refractivity contribution in [3.05, 3.63) is 28.8 Å². The summed E-state index contributed by atoms with van der Waals surface area (Å²) in [5.74, 6) is -0.606. The molecule has 0 aromatic heterocycles. The highest BCUT2D eigenvalue weighted by Gasteiger charge is 2.35. The number of nitrogens with zero attached hydrogens (tertiary/aromatic N) is 2. The molecule has 0 saturated carbocycles. The highest BCUT2D eigenvalue weighted by atomic mass is 35.5. The van der Waals surface area contributed by atoms with Gasteiger partial charge in [0.2, 0.25) is 5.91 Å². The second-order valence-electron chi connectivity index (χ2n) is 5.41. The van der Waals surface area contributed by atoms with E-state index in [1.165, 1.54) is 7.11 Å². The van der Waals surface area contributed by atoms with Crippen molar-refractivity contribution < 1.29 is 19.6 Å². The van der Waals surface area contributed by atoms with Crippen molar-refractivity contribution in [2.75, 3.05) is 18.6 Å². The molecule has 0 atom stereocenters. The minimum absolute atomic E-state index is 0.223. The van der Waals surface area contributed by atoms with Gasteiger partial charge in [-0.3, -0.25) is 14.8 Å². The van der Waals surface area contributed by atoms with E-state index in [-0.39, 0.29) is 17.5 Å². The summed E-state index contributed by atoms with van der Waals surface area (Å²) in [4.78, 5) is 29.8. The van der Waals surface area contributed by atoms with Gasteiger partial charge in [-0.15, -0.1) is 0 Å². The minimum Gasteiger partial charge on any atom is -0.398 e. The highest BCUT2D eigenvalue weighted by molar-refractivity contribution is 6.55. The molecule has 0 spiro atoms. The van der Waals surface area contributed by atoms with Crippen LogP contribution >= 0.6 is 11.6 Å². The van der Waals surface area contributed by atoms with Crippen LogP contribution in [-0.2, 0) is 14.4 Å². The minimum atomic E-state index is -0.383. The lowest BCUT2D eigenvalue weighted by Gasteiger charge is -2.17. The van der Waals surface area contributed by atoms with E-state index >= 15 is 0 Å². The van der Waals surface area contributed by atoms with E-state index in [2.05, 4.69) is 5.16 Å². The van der Waals surface area contributed by atoms with Crippen LogP contribution in [0.25, 0.3) is 0 Å². The van der Waals surface area contributed by atoms with E-state index in [9.17, 15) is 9.59 Å². The number of amides is 2. The summed E-state index contributed by atoms with van der Waals surface area (Å²) in [5.41, 5.74) is 3.21. The van der Waals surface area contributed by atoms with E-state index in [1.54, 1.807) is 28.6 Å². The van der Waals surface area contributed by atoms with E-state index in [1.807, 2.05) is 0 Å². The summed E-state index contributed by atoms with van der Waals surface area (Å²) in [7, 11) is 1.40. The van der Waals surface area contributed by atoms with E-state index in [4.69, 9.17) is 21.6 Å². The number of hydroxylamine groups is 1. The van der Waals surface area contributed by atoms with Crippen LogP contribution in [0.15, 0.2) is 23.4 Å². The molecular weight excluding hydrogens is 334 g/mol. The summed E-state index contributed by atoms with van der Waals surface area (Å²) in [6.07, 6.45) is 3.45. The number of halogens is 1. The van der Waals surface area contributed by atoms with E-state index in [0.29, 0.717) is 35.7 Å². The smallest absolute Gasteiger partial charge is 0.281 e. The van der Waals surface area contributed by atoms with Gasteiger partial charge in [0, 0.05) is 18.5 Å². The van der Waals surface area contributed by atoms with Gasteiger partial charge in [0.05, 0.1) is 10.7 Å². The molecule has 2 rings (SSSR count). The molecule has 8 heteroatoms. The van der Waals surface area contributed by atoms with Crippen LogP contribution in [-0.4, -0.2) is 36.4 Å². The molecule has 7 nitrogen and oxygen atoms in total. The van der Waals surface area contributed by atoms with Crippen molar-refractivity contribution in [2.45, 2.75) is 32.1 Å². The molecule has 130 valence electrons. The van der Waals surface area contributed by atoms with Gasteiger partial charge in [-0.1, -0.05) is 41.7 Å². The first-order chi connectivity index (χ1) is 11.6. The molecule has 2 amide bonds. The maximum atomic E-state index is 12.5. The zero-order valence-electron chi connectivity index (χ0n) is 13.4. The number of hydrogen-bond acceptors (Lipinski definition) is 5. The first kappa shape index (κ1) is 18.2. The lowest BCUT2D eigenvalue weighted by Crippen LogP contribution is -2.31. The number of rotatable bonds is 8. The fraction of sp³-hybridized carbons (Fsp3) is 0.438. The number of unbranched alkanes of at least 4 members (excludes halogenated alkanes) is 3. The second-order valence-corrected chi connectivity index (χ2v) is 5.82. The van der Waals surface area contributed by atoms with Crippen molar-refractivity contribution in [1.29, 1.82) is 0 Å². The molecule has 0 radical (unpaired) electrons. The Morgan fingerprint density at radius 2 is 2.08 bits per heavy atom. The van der Waals surface area contributed by atoms with Crippen LogP contribution in [0.1, 0.15) is 37.7 Å². The Bertz CT molecular complexity index is 648. The summed E-state index contributed by atoms with van der Waals surface area (Å²) in [5, 5.41) is 12.7. The van der Waals surface area contributed by atoms with Gasteiger partial charge in [-0.25, -0.2) is 5.48 Å². The third-order valence-corrected chi connectivity index (χ3v) is 4.11. The summed E-state index contributed by atoms with van der Waals surface area (Å²) >= 11 is 6.25. The van der Waals surface area contributed by atoms with Crippen LogP contribution in [0.4, 0.5) is 5.69 Å². The maximum absolute atomic E-state index is 12.5. The molecule has 0 aliphatic carbocycles. The lowest BCUT2D eigenvalue weighted by atomic mass is 10.1. The third kappa shape index (κ3) is 4.04. The molecule has 0 saturated heterocycles. The number of carbonyl (C=O) groups is 2. The van der Waals surface area contributed by atoms with Gasteiger partial charge in [0.25, 0.3) is 5.91 Å². The van der Waals surface area contributed by atoms with Gasteiger partial charge < -0.3 is 9.74 Å². The van der Waals surface area contributed by atoms with Crippen molar-refractivity contribution in [3.63, 3.8) is 0 Å². The van der Waals surface area contributed by atoms with Crippen LogP contribution in [0.5, 0.6) is 0 Å². The largest absolute Gasteiger partial charge is 0.398 e. The fourth-order valence-electron chi connectivity index (χ4n) is 2.68. The molecule has 2 N–H and O–H groups in total. The van der Waals surface area contributed by atoms with Crippen LogP contribution in [0.3, 0.4) is 0 Å². The number of para-hydroxylation sites is 1. The molecule has 1 aliphatic rings. The predicted octanol–water partition coefficient (Wildman–Crippen LogP) is 2.49. The Balaban J connectivity index is 1.95. The van der Waals surface area contributed by atoms with Crippen molar-refractivity contribution in [2.24, 2.45) is 5.16 Å².